The number of rotatable bonds is 16. The molecule has 1 fully saturated rings. The summed E-state index contributed by atoms with van der Waals surface area (Å²) in [6, 6.07) is 18.0. The number of guanidine groups is 1. The van der Waals surface area contributed by atoms with Gasteiger partial charge in [-0.2, -0.15) is 0 Å². The molecule has 0 radical (unpaired) electrons. The average Bonchev–Trinajstić information content (AvgIpc) is 3.16. The fraction of sp³-hybridized carbons (Fsp3) is 0.359. The summed E-state index contributed by atoms with van der Waals surface area (Å²) in [7, 11) is 0. The van der Waals surface area contributed by atoms with Crippen LogP contribution in [0.25, 0.3) is 6.08 Å². The summed E-state index contributed by atoms with van der Waals surface area (Å²) in [6.45, 7) is 1.72. The van der Waals surface area contributed by atoms with Crippen molar-refractivity contribution in [2.24, 2.45) is 22.2 Å². The van der Waals surface area contributed by atoms with Crippen LogP contribution in [0, 0.1) is 0 Å². The van der Waals surface area contributed by atoms with Crippen molar-refractivity contribution in [3.8, 4) is 0 Å². The number of imide groups is 1. The van der Waals surface area contributed by atoms with Crippen LogP contribution in [0.5, 0.6) is 0 Å². The van der Waals surface area contributed by atoms with Gasteiger partial charge in [0, 0.05) is 31.3 Å². The van der Waals surface area contributed by atoms with E-state index in [2.05, 4.69) is 25.9 Å². The standard InChI is InChI=1S/C39H49N9O5/c1-26(40)35(50)45-31(18-11-23-43-39(41)42)36(51)46-32(24-28-14-7-3-8-15-28)38(53)48(30-16-9-4-10-17-30)37(52)29-20-21-33(44-25-29)47-34(49)22-19-27-12-5-2-6-13-27/h2-3,5-8,12-15,19-22,25-26,30-32H,4,9-11,16-18,23-24,40H2,1H3,(H,45,50)(H,46,51)(H4,41,42,43)(H,44,47,49)/t26-,31-,32-/m0/s1. The predicted octanol–water partition coefficient (Wildman–Crippen LogP) is 2.65. The van der Waals surface area contributed by atoms with Gasteiger partial charge in [0.1, 0.15) is 17.9 Å². The van der Waals surface area contributed by atoms with Gasteiger partial charge in [-0.3, -0.25) is 33.9 Å². The summed E-state index contributed by atoms with van der Waals surface area (Å²) in [6.07, 6.45) is 8.84. The zero-order valence-electron chi connectivity index (χ0n) is 29.9. The molecule has 0 spiro atoms. The van der Waals surface area contributed by atoms with Crippen LogP contribution in [0.1, 0.15) is 73.4 Å². The third kappa shape index (κ3) is 12.7. The van der Waals surface area contributed by atoms with Crippen molar-refractivity contribution in [1.82, 2.24) is 20.5 Å². The van der Waals surface area contributed by atoms with Crippen LogP contribution in [0.3, 0.4) is 0 Å². The molecule has 1 heterocycles. The van der Waals surface area contributed by atoms with Gasteiger partial charge in [-0.25, -0.2) is 4.98 Å². The summed E-state index contributed by atoms with van der Waals surface area (Å²) < 4.78 is 0. The number of hydrogen-bond donors (Lipinski definition) is 6. The lowest BCUT2D eigenvalue weighted by Crippen LogP contribution is -2.58. The highest BCUT2D eigenvalue weighted by Crippen LogP contribution is 2.26. The maximum Gasteiger partial charge on any atom is 0.262 e. The second-order valence-corrected chi connectivity index (χ2v) is 13.0. The van der Waals surface area contributed by atoms with Gasteiger partial charge in [-0.05, 0) is 61.9 Å². The van der Waals surface area contributed by atoms with E-state index in [1.165, 1.54) is 36.2 Å². The Morgan fingerprint density at radius 2 is 1.55 bits per heavy atom. The normalized spacial score (nSPS) is 14.7. The fourth-order valence-electron chi connectivity index (χ4n) is 5.99. The quantitative estimate of drug-likeness (QED) is 0.0552. The number of carbonyl (C=O) groups is 5. The molecule has 0 saturated heterocycles. The van der Waals surface area contributed by atoms with Gasteiger partial charge in [-0.15, -0.1) is 0 Å². The Balaban J connectivity index is 1.58. The van der Waals surface area contributed by atoms with E-state index in [1.807, 2.05) is 60.7 Å². The van der Waals surface area contributed by atoms with Crippen LogP contribution in [0.4, 0.5) is 5.82 Å². The lowest BCUT2D eigenvalue weighted by Gasteiger charge is -2.35. The number of hydrogen-bond acceptors (Lipinski definition) is 8. The number of anilines is 1. The van der Waals surface area contributed by atoms with Crippen molar-refractivity contribution in [3.05, 3.63) is 102 Å². The molecule has 1 aromatic heterocycles. The fourth-order valence-corrected chi connectivity index (χ4v) is 5.99. The highest BCUT2D eigenvalue weighted by molar-refractivity contribution is 6.07. The molecule has 2 aromatic carbocycles. The molecule has 3 aromatic rings. The van der Waals surface area contributed by atoms with Gasteiger partial charge in [0.25, 0.3) is 11.8 Å². The summed E-state index contributed by atoms with van der Waals surface area (Å²) in [5.41, 5.74) is 18.4. The molecule has 9 N–H and O–H groups in total. The Kier molecular flexibility index (Phi) is 15.2. The van der Waals surface area contributed by atoms with Gasteiger partial charge in [-0.1, -0.05) is 79.9 Å². The number of pyridine rings is 1. The van der Waals surface area contributed by atoms with Crippen molar-refractivity contribution in [2.45, 2.75) is 82.5 Å². The van der Waals surface area contributed by atoms with Crippen LogP contribution in [-0.2, 0) is 25.6 Å². The van der Waals surface area contributed by atoms with Crippen molar-refractivity contribution >= 4 is 47.4 Å². The minimum absolute atomic E-state index is 0.0869. The molecular weight excluding hydrogens is 674 g/mol. The number of carbonyl (C=O) groups excluding carboxylic acids is 5. The molecule has 14 heteroatoms. The van der Waals surface area contributed by atoms with Crippen LogP contribution in [0.15, 0.2) is 90.1 Å². The molecule has 1 saturated carbocycles. The molecule has 280 valence electrons. The van der Waals surface area contributed by atoms with Gasteiger partial charge < -0.3 is 33.2 Å². The SMILES string of the molecule is C[C@H](N)C(=O)N[C@@H](CCCN=C(N)N)C(=O)N[C@@H](Cc1ccccc1)C(=O)N(C(=O)c1ccc(NC(=O)C=Cc2ccccc2)nc1)C1CCCCC1. The minimum atomic E-state index is -1.16. The summed E-state index contributed by atoms with van der Waals surface area (Å²) in [5.74, 6) is -2.58. The number of nitrogens with two attached hydrogens (primary N) is 3. The van der Waals surface area contributed by atoms with E-state index in [9.17, 15) is 24.0 Å². The van der Waals surface area contributed by atoms with Crippen LogP contribution in [0.2, 0.25) is 0 Å². The van der Waals surface area contributed by atoms with E-state index >= 15 is 0 Å². The van der Waals surface area contributed by atoms with Gasteiger partial charge >= 0.3 is 0 Å². The van der Waals surface area contributed by atoms with Crippen LogP contribution in [-0.4, -0.2) is 76.1 Å². The predicted molar refractivity (Wildman–Crippen MR) is 204 cm³/mol. The van der Waals surface area contributed by atoms with Gasteiger partial charge in [0.15, 0.2) is 5.96 Å². The van der Waals surface area contributed by atoms with Crippen LogP contribution < -0.4 is 33.2 Å². The lowest BCUT2D eigenvalue weighted by molar-refractivity contribution is -0.137. The molecule has 1 aliphatic rings. The molecule has 1 aliphatic carbocycles. The Bertz CT molecular complexity index is 1740. The van der Waals surface area contributed by atoms with Crippen molar-refractivity contribution < 1.29 is 24.0 Å². The number of nitrogens with zero attached hydrogens (tertiary/aromatic N) is 3. The molecule has 53 heavy (non-hydrogen) atoms. The highest BCUT2D eigenvalue weighted by Gasteiger charge is 2.37. The minimum Gasteiger partial charge on any atom is -0.370 e. The Morgan fingerprint density at radius 3 is 2.17 bits per heavy atom. The monoisotopic (exact) mass is 723 g/mol. The van der Waals surface area contributed by atoms with E-state index < -0.39 is 53.7 Å². The lowest BCUT2D eigenvalue weighted by atomic mass is 9.92. The van der Waals surface area contributed by atoms with E-state index in [4.69, 9.17) is 17.2 Å². The van der Waals surface area contributed by atoms with E-state index in [0.29, 0.717) is 19.3 Å². The van der Waals surface area contributed by atoms with Gasteiger partial charge in [0.05, 0.1) is 11.6 Å². The molecule has 0 bridgehead atoms. The molecule has 5 amide bonds. The summed E-state index contributed by atoms with van der Waals surface area (Å²) in [5, 5.41) is 8.20. The smallest absolute Gasteiger partial charge is 0.262 e. The molecule has 4 rings (SSSR count). The number of amides is 5. The number of aromatic nitrogens is 1. The van der Waals surface area contributed by atoms with Crippen LogP contribution >= 0.6 is 0 Å². The van der Waals surface area contributed by atoms with Crippen molar-refractivity contribution in [3.63, 3.8) is 0 Å². The third-order valence-electron chi connectivity index (χ3n) is 8.77. The first-order valence-corrected chi connectivity index (χ1v) is 17.8. The van der Waals surface area contributed by atoms with Crippen molar-refractivity contribution in [1.29, 1.82) is 0 Å². The third-order valence-corrected chi connectivity index (χ3v) is 8.77. The zero-order chi connectivity index (χ0) is 38.2. The Labute approximate surface area is 309 Å². The van der Waals surface area contributed by atoms with E-state index in [-0.39, 0.29) is 36.7 Å². The molecular formula is C39H49N9O5. The second-order valence-electron chi connectivity index (χ2n) is 13.0. The molecule has 3 atom stereocenters. The maximum atomic E-state index is 14.6. The first kappa shape index (κ1) is 39.9. The molecule has 0 aliphatic heterocycles. The van der Waals surface area contributed by atoms with E-state index in [1.54, 1.807) is 6.08 Å². The summed E-state index contributed by atoms with van der Waals surface area (Å²) >= 11 is 0. The van der Waals surface area contributed by atoms with Crippen molar-refractivity contribution in [2.75, 3.05) is 11.9 Å². The largest absolute Gasteiger partial charge is 0.370 e. The topological polar surface area (TPSA) is 228 Å². The first-order chi connectivity index (χ1) is 25.5. The van der Waals surface area contributed by atoms with Gasteiger partial charge in [0.2, 0.25) is 17.7 Å². The first-order valence-electron chi connectivity index (χ1n) is 17.8. The summed E-state index contributed by atoms with van der Waals surface area (Å²) in [4.78, 5) is 77.4. The number of nitrogens with one attached hydrogen (secondary N) is 3. The number of benzene rings is 2. The Morgan fingerprint density at radius 1 is 0.887 bits per heavy atom. The molecule has 0 unspecified atom stereocenters. The van der Waals surface area contributed by atoms with E-state index in [0.717, 1.165) is 30.4 Å². The molecule has 14 nitrogen and oxygen atoms in total. The average molecular weight is 724 g/mol. The maximum absolute atomic E-state index is 14.6. The second kappa shape index (κ2) is 20.2. The zero-order valence-corrected chi connectivity index (χ0v) is 29.9. The highest BCUT2D eigenvalue weighted by atomic mass is 16.2. The number of aliphatic imine (C=N–C) groups is 1. The Hall–Kier alpha value is -5.89.